The lowest BCUT2D eigenvalue weighted by molar-refractivity contribution is 0.478. The van der Waals surface area contributed by atoms with Crippen molar-refractivity contribution in [3.63, 3.8) is 0 Å². The Morgan fingerprint density at radius 1 is 1.28 bits per heavy atom. The molecule has 0 aliphatic carbocycles. The third kappa shape index (κ3) is 2.44. The topological polar surface area (TPSA) is 59.0 Å². The zero-order valence-corrected chi connectivity index (χ0v) is 10.7. The molecule has 3 nitrogen and oxygen atoms in total. The molecule has 0 heterocycles. The number of para-hydroxylation sites is 1. The van der Waals surface area contributed by atoms with Gasteiger partial charge in [0, 0.05) is 6.07 Å². The number of nitrogen functional groups attached to an aromatic ring is 1. The minimum Gasteiger partial charge on any atom is -0.455 e. The maximum atomic E-state index is 13.3. The summed E-state index contributed by atoms with van der Waals surface area (Å²) in [5, 5.41) is 8.84. The lowest BCUT2D eigenvalue weighted by atomic mass is 10.2. The molecule has 0 fully saturated rings. The molecule has 2 N–H and O–H groups in total. The second-order valence-corrected chi connectivity index (χ2v) is 4.36. The number of halogens is 2. The van der Waals surface area contributed by atoms with Gasteiger partial charge >= 0.3 is 0 Å². The third-order valence-electron chi connectivity index (χ3n) is 2.31. The molecule has 0 aliphatic heterocycles. The Kier molecular flexibility index (Phi) is 3.49. The number of anilines is 1. The summed E-state index contributed by atoms with van der Waals surface area (Å²) in [6.07, 6.45) is 0. The van der Waals surface area contributed by atoms with Crippen LogP contribution in [0.15, 0.2) is 40.9 Å². The summed E-state index contributed by atoms with van der Waals surface area (Å²) < 4.78 is 19.1. The highest BCUT2D eigenvalue weighted by Crippen LogP contribution is 2.31. The molecule has 2 rings (SSSR count). The average Bonchev–Trinajstić information content (AvgIpc) is 2.36. The highest BCUT2D eigenvalue weighted by atomic mass is 79.9. The minimum atomic E-state index is -0.428. The van der Waals surface area contributed by atoms with Crippen LogP contribution >= 0.6 is 15.9 Å². The normalized spacial score (nSPS) is 9.83. The first-order valence-corrected chi connectivity index (χ1v) is 5.82. The van der Waals surface area contributed by atoms with Gasteiger partial charge in [0.15, 0.2) is 5.75 Å². The van der Waals surface area contributed by atoms with Gasteiger partial charge in [-0.15, -0.1) is 0 Å². The molecule has 0 spiro atoms. The van der Waals surface area contributed by atoms with E-state index in [1.165, 1.54) is 12.1 Å². The monoisotopic (exact) mass is 306 g/mol. The van der Waals surface area contributed by atoms with Crippen molar-refractivity contribution in [3.8, 4) is 17.6 Å². The second-order valence-electron chi connectivity index (χ2n) is 3.51. The summed E-state index contributed by atoms with van der Waals surface area (Å²) >= 11 is 3.05. The lowest BCUT2D eigenvalue weighted by Gasteiger charge is -2.09. The van der Waals surface area contributed by atoms with E-state index in [9.17, 15) is 4.39 Å². The van der Waals surface area contributed by atoms with Gasteiger partial charge in [-0.25, -0.2) is 4.39 Å². The van der Waals surface area contributed by atoms with Crippen molar-refractivity contribution in [1.82, 2.24) is 0 Å². The van der Waals surface area contributed by atoms with Crippen molar-refractivity contribution >= 4 is 21.6 Å². The van der Waals surface area contributed by atoms with Gasteiger partial charge in [-0.3, -0.25) is 0 Å². The Balaban J connectivity index is 2.35. The van der Waals surface area contributed by atoms with Gasteiger partial charge < -0.3 is 10.5 Å². The second kappa shape index (κ2) is 5.07. The van der Waals surface area contributed by atoms with Crippen LogP contribution in [0.4, 0.5) is 10.1 Å². The predicted molar refractivity (Wildman–Crippen MR) is 69.7 cm³/mol. The molecule has 90 valence electrons. The van der Waals surface area contributed by atoms with Crippen LogP contribution in [0.3, 0.4) is 0 Å². The van der Waals surface area contributed by atoms with E-state index in [-0.39, 0.29) is 5.69 Å². The summed E-state index contributed by atoms with van der Waals surface area (Å²) in [6, 6.07) is 11.2. The van der Waals surface area contributed by atoms with Gasteiger partial charge in [-0.1, -0.05) is 6.07 Å². The number of nitrogens with two attached hydrogens (primary N) is 1. The van der Waals surface area contributed by atoms with E-state index in [2.05, 4.69) is 15.9 Å². The molecule has 0 saturated heterocycles. The SMILES string of the molecule is N#Cc1cccc(Oc2ccc(Br)c(F)c2)c1N. The smallest absolute Gasteiger partial charge is 0.151 e. The Morgan fingerprint density at radius 2 is 2.06 bits per heavy atom. The van der Waals surface area contributed by atoms with Crippen molar-refractivity contribution in [2.24, 2.45) is 0 Å². The zero-order valence-electron chi connectivity index (χ0n) is 9.15. The number of rotatable bonds is 2. The van der Waals surface area contributed by atoms with Gasteiger partial charge in [0.05, 0.1) is 15.7 Å². The fraction of sp³-hybridized carbons (Fsp3) is 0. The van der Waals surface area contributed by atoms with Crippen molar-refractivity contribution in [3.05, 3.63) is 52.3 Å². The molecular weight excluding hydrogens is 299 g/mol. The standard InChI is InChI=1S/C13H8BrFN2O/c14-10-5-4-9(6-11(10)15)18-12-3-1-2-8(7-16)13(12)17/h1-6H,17H2. The molecule has 0 radical (unpaired) electrons. The highest BCUT2D eigenvalue weighted by molar-refractivity contribution is 9.10. The lowest BCUT2D eigenvalue weighted by Crippen LogP contribution is -1.95. The zero-order chi connectivity index (χ0) is 13.1. The molecule has 0 unspecified atom stereocenters. The summed E-state index contributed by atoms with van der Waals surface area (Å²) in [6.45, 7) is 0. The number of benzene rings is 2. The van der Waals surface area contributed by atoms with Crippen LogP contribution in [0.25, 0.3) is 0 Å². The van der Waals surface area contributed by atoms with E-state index in [4.69, 9.17) is 15.7 Å². The molecule has 2 aromatic rings. The number of hydrogen-bond donors (Lipinski definition) is 1. The largest absolute Gasteiger partial charge is 0.455 e. The van der Waals surface area contributed by atoms with Crippen molar-refractivity contribution in [1.29, 1.82) is 5.26 Å². The van der Waals surface area contributed by atoms with E-state index in [0.717, 1.165) is 0 Å². The molecule has 5 heteroatoms. The maximum Gasteiger partial charge on any atom is 0.151 e. The molecule has 0 aliphatic rings. The number of nitriles is 1. The van der Waals surface area contributed by atoms with Gasteiger partial charge in [0.1, 0.15) is 17.6 Å². The average molecular weight is 307 g/mol. The molecule has 0 amide bonds. The van der Waals surface area contributed by atoms with Crippen LogP contribution in [0.1, 0.15) is 5.56 Å². The van der Waals surface area contributed by atoms with Gasteiger partial charge in [-0.2, -0.15) is 5.26 Å². The van der Waals surface area contributed by atoms with Crippen LogP contribution in [0.2, 0.25) is 0 Å². The summed E-state index contributed by atoms with van der Waals surface area (Å²) in [4.78, 5) is 0. The Labute approximate surface area is 112 Å². The van der Waals surface area contributed by atoms with Gasteiger partial charge in [0.25, 0.3) is 0 Å². The summed E-state index contributed by atoms with van der Waals surface area (Å²) in [7, 11) is 0. The van der Waals surface area contributed by atoms with Crippen molar-refractivity contribution in [2.45, 2.75) is 0 Å². The van der Waals surface area contributed by atoms with Crippen LogP contribution in [-0.2, 0) is 0 Å². The highest BCUT2D eigenvalue weighted by Gasteiger charge is 2.08. The van der Waals surface area contributed by atoms with Gasteiger partial charge in [0.2, 0.25) is 0 Å². The van der Waals surface area contributed by atoms with Crippen molar-refractivity contribution < 1.29 is 9.13 Å². The van der Waals surface area contributed by atoms with E-state index in [0.29, 0.717) is 21.5 Å². The molecule has 0 bridgehead atoms. The predicted octanol–water partition coefficient (Wildman–Crippen LogP) is 3.83. The molecular formula is C13H8BrFN2O. The van der Waals surface area contributed by atoms with Crippen LogP contribution < -0.4 is 10.5 Å². The number of hydrogen-bond acceptors (Lipinski definition) is 3. The Bertz CT molecular complexity index is 637. The first kappa shape index (κ1) is 12.4. The Hall–Kier alpha value is -2.06. The van der Waals surface area contributed by atoms with E-state index < -0.39 is 5.82 Å². The molecule has 0 atom stereocenters. The van der Waals surface area contributed by atoms with Crippen molar-refractivity contribution in [2.75, 3.05) is 5.73 Å². The fourth-order valence-corrected chi connectivity index (χ4v) is 1.64. The molecule has 18 heavy (non-hydrogen) atoms. The fourth-order valence-electron chi connectivity index (χ4n) is 1.40. The molecule has 0 saturated carbocycles. The summed E-state index contributed by atoms with van der Waals surface area (Å²) in [5.74, 6) is 0.218. The Morgan fingerprint density at radius 3 is 2.72 bits per heavy atom. The van der Waals surface area contributed by atoms with Crippen LogP contribution in [0, 0.1) is 17.1 Å². The number of ether oxygens (including phenoxy) is 1. The van der Waals surface area contributed by atoms with Gasteiger partial charge in [-0.05, 0) is 40.2 Å². The molecule has 0 aromatic heterocycles. The minimum absolute atomic E-state index is 0.239. The van der Waals surface area contributed by atoms with Crippen LogP contribution in [-0.4, -0.2) is 0 Å². The number of nitrogens with zero attached hydrogens (tertiary/aromatic N) is 1. The third-order valence-corrected chi connectivity index (χ3v) is 2.95. The maximum absolute atomic E-state index is 13.3. The first-order valence-electron chi connectivity index (χ1n) is 5.03. The first-order chi connectivity index (χ1) is 8.61. The van der Waals surface area contributed by atoms with E-state index in [1.807, 2.05) is 6.07 Å². The van der Waals surface area contributed by atoms with Crippen LogP contribution in [0.5, 0.6) is 11.5 Å². The van der Waals surface area contributed by atoms with E-state index >= 15 is 0 Å². The summed E-state index contributed by atoms with van der Waals surface area (Å²) in [5.41, 5.74) is 6.32. The van der Waals surface area contributed by atoms with E-state index in [1.54, 1.807) is 24.3 Å². The molecule has 2 aromatic carbocycles. The quantitative estimate of drug-likeness (QED) is 0.858.